The molecular formula is C7H11ClO3S. The Morgan fingerprint density at radius 3 is 2.42 bits per heavy atom. The predicted molar refractivity (Wildman–Crippen MR) is 45.7 cm³/mol. The monoisotopic (exact) mass is 210 g/mol. The molecule has 0 N–H and O–H groups in total. The summed E-state index contributed by atoms with van der Waals surface area (Å²) in [6, 6.07) is 0. The third-order valence-corrected chi connectivity index (χ3v) is 5.31. The summed E-state index contributed by atoms with van der Waals surface area (Å²) in [6.07, 6.45) is 3.00. The van der Waals surface area contributed by atoms with Gasteiger partial charge in [-0.1, -0.05) is 0 Å². The van der Waals surface area contributed by atoms with E-state index in [1.807, 2.05) is 0 Å². The van der Waals surface area contributed by atoms with Crippen LogP contribution in [0.1, 0.15) is 25.7 Å². The van der Waals surface area contributed by atoms with Gasteiger partial charge in [0.2, 0.25) is 9.05 Å². The second kappa shape index (κ2) is 2.59. The maximum absolute atomic E-state index is 11.2. The summed E-state index contributed by atoms with van der Waals surface area (Å²) in [7, 11) is 1.93. The van der Waals surface area contributed by atoms with Crippen LogP contribution >= 0.6 is 10.7 Å². The van der Waals surface area contributed by atoms with Crippen molar-refractivity contribution in [2.45, 2.75) is 36.5 Å². The molecular weight excluding hydrogens is 200 g/mol. The van der Waals surface area contributed by atoms with E-state index >= 15 is 0 Å². The van der Waals surface area contributed by atoms with E-state index in [2.05, 4.69) is 0 Å². The van der Waals surface area contributed by atoms with Crippen molar-refractivity contribution in [3.63, 3.8) is 0 Å². The molecule has 2 fully saturated rings. The van der Waals surface area contributed by atoms with Gasteiger partial charge in [-0.15, -0.1) is 0 Å². The molecule has 1 saturated heterocycles. The van der Waals surface area contributed by atoms with Crippen LogP contribution < -0.4 is 0 Å². The Labute approximate surface area is 76.5 Å². The first-order valence-corrected chi connectivity index (χ1v) is 6.43. The van der Waals surface area contributed by atoms with Gasteiger partial charge in [-0.05, 0) is 25.7 Å². The van der Waals surface area contributed by atoms with Gasteiger partial charge in [0.15, 0.2) is 0 Å². The minimum Gasteiger partial charge on any atom is -0.377 e. The van der Waals surface area contributed by atoms with E-state index in [0.717, 1.165) is 12.8 Å². The fraction of sp³-hybridized carbons (Fsp3) is 1.00. The largest absolute Gasteiger partial charge is 0.377 e. The summed E-state index contributed by atoms with van der Waals surface area (Å²) >= 11 is 0. The Morgan fingerprint density at radius 1 is 1.42 bits per heavy atom. The van der Waals surface area contributed by atoms with Crippen LogP contribution in [0, 0.1) is 0 Å². The van der Waals surface area contributed by atoms with E-state index in [-0.39, 0.29) is 6.10 Å². The van der Waals surface area contributed by atoms with Crippen LogP contribution in [0.25, 0.3) is 0 Å². The number of halogens is 1. The molecule has 0 aromatic heterocycles. The summed E-state index contributed by atoms with van der Waals surface area (Å²) in [6.45, 7) is 0.679. The van der Waals surface area contributed by atoms with Crippen molar-refractivity contribution in [1.29, 1.82) is 0 Å². The molecule has 0 aromatic rings. The van der Waals surface area contributed by atoms with Crippen molar-refractivity contribution < 1.29 is 13.2 Å². The third-order valence-electron chi connectivity index (χ3n) is 2.74. The number of ether oxygens (including phenoxy) is 1. The Bertz CT molecular complexity index is 275. The van der Waals surface area contributed by atoms with Gasteiger partial charge >= 0.3 is 0 Å². The summed E-state index contributed by atoms with van der Waals surface area (Å²) in [5, 5.41) is 0. The molecule has 0 aromatic carbocycles. The van der Waals surface area contributed by atoms with E-state index in [1.54, 1.807) is 0 Å². The summed E-state index contributed by atoms with van der Waals surface area (Å²) < 4.78 is 27.0. The van der Waals surface area contributed by atoms with Crippen LogP contribution in [0.15, 0.2) is 0 Å². The van der Waals surface area contributed by atoms with Crippen molar-refractivity contribution in [1.82, 2.24) is 0 Å². The van der Waals surface area contributed by atoms with Crippen molar-refractivity contribution in [3.8, 4) is 0 Å². The highest BCUT2D eigenvalue weighted by Crippen LogP contribution is 2.51. The maximum Gasteiger partial charge on any atom is 0.240 e. The highest BCUT2D eigenvalue weighted by Gasteiger charge is 2.60. The van der Waals surface area contributed by atoms with Crippen LogP contribution in [0.3, 0.4) is 0 Å². The van der Waals surface area contributed by atoms with Gasteiger partial charge < -0.3 is 4.74 Å². The van der Waals surface area contributed by atoms with Gasteiger partial charge in [-0.25, -0.2) is 8.42 Å². The summed E-state index contributed by atoms with van der Waals surface area (Å²) in [5.74, 6) is 0. The zero-order chi connectivity index (χ0) is 8.82. The van der Waals surface area contributed by atoms with Gasteiger partial charge in [0.05, 0.1) is 6.10 Å². The van der Waals surface area contributed by atoms with Gasteiger partial charge in [-0.2, -0.15) is 0 Å². The summed E-state index contributed by atoms with van der Waals surface area (Å²) in [5.41, 5.74) is 0. The van der Waals surface area contributed by atoms with Crippen molar-refractivity contribution in [2.24, 2.45) is 0 Å². The zero-order valence-corrected chi connectivity index (χ0v) is 8.20. The van der Waals surface area contributed by atoms with Crippen LogP contribution in [0.5, 0.6) is 0 Å². The van der Waals surface area contributed by atoms with Crippen LogP contribution in [-0.4, -0.2) is 25.9 Å². The average molecular weight is 211 g/mol. The van der Waals surface area contributed by atoms with Crippen molar-refractivity contribution in [3.05, 3.63) is 0 Å². The molecule has 70 valence electrons. The maximum atomic E-state index is 11.2. The number of hydrogen-bond donors (Lipinski definition) is 0. The lowest BCUT2D eigenvalue weighted by atomic mass is 10.1. The molecule has 2 rings (SSSR count). The van der Waals surface area contributed by atoms with Crippen LogP contribution in [-0.2, 0) is 13.8 Å². The quantitative estimate of drug-likeness (QED) is 0.645. The molecule has 1 aliphatic carbocycles. The number of rotatable bonds is 2. The smallest absolute Gasteiger partial charge is 0.240 e. The van der Waals surface area contributed by atoms with E-state index in [1.165, 1.54) is 0 Å². The lowest BCUT2D eigenvalue weighted by Crippen LogP contribution is -2.33. The third kappa shape index (κ3) is 1.17. The topological polar surface area (TPSA) is 43.4 Å². The first-order chi connectivity index (χ1) is 5.56. The predicted octanol–water partition coefficient (Wildman–Crippen LogP) is 1.27. The highest BCUT2D eigenvalue weighted by molar-refractivity contribution is 8.15. The molecule has 5 heteroatoms. The van der Waals surface area contributed by atoms with Crippen molar-refractivity contribution in [2.75, 3.05) is 6.61 Å². The standard InChI is InChI=1S/C7H11ClO3S/c8-12(9,10)7(3-4-7)6-2-1-5-11-6/h6H,1-5H2. The molecule has 0 amide bonds. The number of hydrogen-bond acceptors (Lipinski definition) is 3. The van der Waals surface area contributed by atoms with E-state index in [4.69, 9.17) is 15.4 Å². The fourth-order valence-corrected chi connectivity index (χ4v) is 3.69. The molecule has 1 aliphatic heterocycles. The molecule has 12 heavy (non-hydrogen) atoms. The molecule has 0 radical (unpaired) electrons. The Balaban J connectivity index is 2.21. The first-order valence-electron chi connectivity index (χ1n) is 4.12. The van der Waals surface area contributed by atoms with Gasteiger partial charge in [-0.3, -0.25) is 0 Å². The lowest BCUT2D eigenvalue weighted by molar-refractivity contribution is 0.102. The van der Waals surface area contributed by atoms with Gasteiger partial charge in [0.1, 0.15) is 4.75 Å². The minimum atomic E-state index is -3.43. The molecule has 0 bridgehead atoms. The Kier molecular flexibility index (Phi) is 1.90. The molecule has 1 atom stereocenters. The van der Waals surface area contributed by atoms with Crippen LogP contribution in [0.2, 0.25) is 0 Å². The summed E-state index contributed by atoms with van der Waals surface area (Å²) in [4.78, 5) is 0. The molecule has 1 heterocycles. The van der Waals surface area contributed by atoms with E-state index in [9.17, 15) is 8.42 Å². The minimum absolute atomic E-state index is 0.139. The lowest BCUT2D eigenvalue weighted by Gasteiger charge is -2.18. The van der Waals surface area contributed by atoms with Gasteiger partial charge in [0, 0.05) is 17.3 Å². The average Bonchev–Trinajstić information content (AvgIpc) is 2.61. The molecule has 1 unspecified atom stereocenters. The molecule has 1 saturated carbocycles. The SMILES string of the molecule is O=S(=O)(Cl)C1(C2CCCO2)CC1. The van der Waals surface area contributed by atoms with Crippen LogP contribution in [0.4, 0.5) is 0 Å². The normalized spacial score (nSPS) is 33.6. The second-order valence-corrected chi connectivity index (χ2v) is 6.41. The second-order valence-electron chi connectivity index (χ2n) is 3.50. The van der Waals surface area contributed by atoms with E-state index < -0.39 is 13.8 Å². The first kappa shape index (κ1) is 8.78. The molecule has 0 spiro atoms. The molecule has 3 nitrogen and oxygen atoms in total. The fourth-order valence-electron chi connectivity index (χ4n) is 1.84. The van der Waals surface area contributed by atoms with E-state index in [0.29, 0.717) is 19.4 Å². The Morgan fingerprint density at radius 2 is 2.08 bits per heavy atom. The Hall–Kier alpha value is 0.200. The van der Waals surface area contributed by atoms with Gasteiger partial charge in [0.25, 0.3) is 0 Å². The highest BCUT2D eigenvalue weighted by atomic mass is 35.7. The van der Waals surface area contributed by atoms with Crippen molar-refractivity contribution >= 4 is 19.7 Å². The molecule has 2 aliphatic rings. The zero-order valence-electron chi connectivity index (χ0n) is 6.62.